The van der Waals surface area contributed by atoms with Gasteiger partial charge in [-0.25, -0.2) is 4.79 Å². The third-order valence-corrected chi connectivity index (χ3v) is 5.21. The predicted molar refractivity (Wildman–Crippen MR) is 131 cm³/mol. The van der Waals surface area contributed by atoms with Crippen molar-refractivity contribution in [2.24, 2.45) is 0 Å². The summed E-state index contributed by atoms with van der Waals surface area (Å²) in [5.74, 6) is 0.0922. The minimum atomic E-state index is -0.464. The van der Waals surface area contributed by atoms with Gasteiger partial charge in [-0.15, -0.1) is 0 Å². The molecule has 0 unspecified atom stereocenters. The van der Waals surface area contributed by atoms with Crippen LogP contribution in [0, 0.1) is 0 Å². The third-order valence-electron chi connectivity index (χ3n) is 5.21. The van der Waals surface area contributed by atoms with Gasteiger partial charge in [-0.2, -0.15) is 0 Å². The van der Waals surface area contributed by atoms with E-state index in [1.54, 1.807) is 31.2 Å². The summed E-state index contributed by atoms with van der Waals surface area (Å²) in [6, 6.07) is 22.1. The Labute approximate surface area is 200 Å². The van der Waals surface area contributed by atoms with Gasteiger partial charge in [-0.05, 0) is 48.2 Å². The smallest absolute Gasteiger partial charge is 0.338 e. The number of carbonyl (C=O) groups is 3. The summed E-state index contributed by atoms with van der Waals surface area (Å²) in [4.78, 5) is 35.6. The number of hydrogen-bond acceptors (Lipinski definition) is 5. The molecule has 0 saturated carbocycles. The predicted octanol–water partition coefficient (Wildman–Crippen LogP) is 5.49. The van der Waals surface area contributed by atoms with Crippen molar-refractivity contribution in [1.82, 2.24) is 0 Å². The molecule has 0 aliphatic carbocycles. The summed E-state index contributed by atoms with van der Waals surface area (Å²) in [6.07, 6.45) is 0.520. The highest BCUT2D eigenvalue weighted by Crippen LogP contribution is 2.21. The van der Waals surface area contributed by atoms with Crippen molar-refractivity contribution in [3.05, 3.63) is 113 Å². The zero-order valence-electron chi connectivity index (χ0n) is 19.5. The number of ether oxygens (including phenoxy) is 2. The van der Waals surface area contributed by atoms with Gasteiger partial charge in [0, 0.05) is 18.4 Å². The molecule has 0 heterocycles. The summed E-state index contributed by atoms with van der Waals surface area (Å²) in [5, 5.41) is 0. The maximum absolute atomic E-state index is 12.6. The van der Waals surface area contributed by atoms with E-state index in [0.717, 1.165) is 22.3 Å². The fourth-order valence-electron chi connectivity index (χ4n) is 3.64. The van der Waals surface area contributed by atoms with Crippen molar-refractivity contribution in [3.8, 4) is 0 Å². The molecule has 0 aromatic heterocycles. The Morgan fingerprint density at radius 1 is 0.676 bits per heavy atom. The van der Waals surface area contributed by atoms with E-state index >= 15 is 0 Å². The summed E-state index contributed by atoms with van der Waals surface area (Å²) in [6.45, 7) is 7.46. The van der Waals surface area contributed by atoms with Crippen LogP contribution >= 0.6 is 0 Å². The monoisotopic (exact) mass is 456 g/mol. The van der Waals surface area contributed by atoms with Gasteiger partial charge < -0.3 is 9.47 Å². The molecule has 0 aliphatic rings. The average molecular weight is 457 g/mol. The minimum Gasteiger partial charge on any atom is -0.489 e. The van der Waals surface area contributed by atoms with Crippen LogP contribution in [0.1, 0.15) is 52.0 Å². The van der Waals surface area contributed by atoms with Crippen molar-refractivity contribution in [1.29, 1.82) is 0 Å². The number of esters is 1. The van der Waals surface area contributed by atoms with Gasteiger partial charge in [0.2, 0.25) is 0 Å². The fraction of sp³-hybridized carbons (Fsp3) is 0.207. The number of ketones is 2. The van der Waals surface area contributed by atoms with Crippen LogP contribution in [0.3, 0.4) is 0 Å². The van der Waals surface area contributed by atoms with Crippen LogP contribution in [0.25, 0.3) is 5.76 Å². The van der Waals surface area contributed by atoms with Crippen LogP contribution in [-0.4, -0.2) is 17.5 Å². The van der Waals surface area contributed by atoms with Crippen molar-refractivity contribution in [2.75, 3.05) is 0 Å². The topological polar surface area (TPSA) is 69.7 Å². The number of benzene rings is 3. The minimum absolute atomic E-state index is 0.0153. The molecule has 174 valence electrons. The summed E-state index contributed by atoms with van der Waals surface area (Å²) < 4.78 is 11.4. The number of rotatable bonds is 11. The van der Waals surface area contributed by atoms with E-state index in [1.807, 2.05) is 48.5 Å². The summed E-state index contributed by atoms with van der Waals surface area (Å²) in [7, 11) is 0. The van der Waals surface area contributed by atoms with Crippen LogP contribution in [0.15, 0.2) is 79.4 Å². The van der Waals surface area contributed by atoms with E-state index in [2.05, 4.69) is 6.58 Å². The molecule has 0 saturated heterocycles. The highest BCUT2D eigenvalue weighted by Gasteiger charge is 2.14. The lowest BCUT2D eigenvalue weighted by molar-refractivity contribution is -0.117. The molecule has 5 nitrogen and oxygen atoms in total. The summed E-state index contributed by atoms with van der Waals surface area (Å²) >= 11 is 0. The molecule has 0 atom stereocenters. The molecule has 0 bridgehead atoms. The zero-order chi connectivity index (χ0) is 24.5. The molecular weight excluding hydrogens is 428 g/mol. The summed E-state index contributed by atoms with van der Waals surface area (Å²) in [5.41, 5.74) is 4.47. The van der Waals surface area contributed by atoms with Gasteiger partial charge in [0.25, 0.3) is 0 Å². The van der Waals surface area contributed by atoms with Gasteiger partial charge in [0.15, 0.2) is 0 Å². The Kier molecular flexibility index (Phi) is 8.52. The van der Waals surface area contributed by atoms with E-state index in [-0.39, 0.29) is 31.2 Å². The molecule has 5 heteroatoms. The van der Waals surface area contributed by atoms with Gasteiger partial charge >= 0.3 is 5.97 Å². The third kappa shape index (κ3) is 7.01. The maximum atomic E-state index is 12.6. The van der Waals surface area contributed by atoms with Crippen molar-refractivity contribution >= 4 is 23.3 Å². The standard InChI is InChI=1S/C29H28O5/c1-20(30)15-25-11-4-6-13-27(25)22(3)33-18-23-9-8-10-24(17-23)19-34-29(32)28-14-7-5-12-26(28)16-21(2)31/h4-14,17H,3,15-16,18-19H2,1-2H3. The van der Waals surface area contributed by atoms with Crippen LogP contribution in [0.4, 0.5) is 0 Å². The Balaban J connectivity index is 1.61. The van der Waals surface area contributed by atoms with Crippen LogP contribution < -0.4 is 0 Å². The number of hydrogen-bond donors (Lipinski definition) is 0. The van der Waals surface area contributed by atoms with Gasteiger partial charge in [-0.3, -0.25) is 9.59 Å². The van der Waals surface area contributed by atoms with Crippen LogP contribution in [-0.2, 0) is 45.1 Å². The molecule has 0 fully saturated rings. The molecule has 3 aromatic rings. The molecular formula is C29H28O5. The van der Waals surface area contributed by atoms with Crippen molar-refractivity contribution in [2.45, 2.75) is 39.9 Å². The molecule has 0 radical (unpaired) electrons. The van der Waals surface area contributed by atoms with E-state index in [0.29, 0.717) is 23.3 Å². The molecule has 34 heavy (non-hydrogen) atoms. The fourth-order valence-corrected chi connectivity index (χ4v) is 3.64. The second-order valence-electron chi connectivity index (χ2n) is 8.18. The van der Waals surface area contributed by atoms with Crippen molar-refractivity contribution < 1.29 is 23.9 Å². The second kappa shape index (κ2) is 11.8. The first-order valence-corrected chi connectivity index (χ1v) is 11.0. The van der Waals surface area contributed by atoms with E-state index < -0.39 is 5.97 Å². The molecule has 0 amide bonds. The molecule has 0 N–H and O–H groups in total. The number of Topliss-reactive ketones (excluding diaryl/α,β-unsaturated/α-hetero) is 2. The highest BCUT2D eigenvalue weighted by atomic mass is 16.5. The molecule has 0 aliphatic heterocycles. The zero-order valence-corrected chi connectivity index (χ0v) is 19.5. The SMILES string of the molecule is C=C(OCc1cccc(COC(=O)c2ccccc2CC(C)=O)c1)c1ccccc1CC(C)=O. The lowest BCUT2D eigenvalue weighted by atomic mass is 10.0. The lowest BCUT2D eigenvalue weighted by Gasteiger charge is -2.14. The average Bonchev–Trinajstić information content (AvgIpc) is 2.81. The second-order valence-corrected chi connectivity index (χ2v) is 8.18. The molecule has 0 spiro atoms. The first-order valence-electron chi connectivity index (χ1n) is 11.0. The first kappa shape index (κ1) is 24.6. The number of carbonyl (C=O) groups excluding carboxylic acids is 3. The van der Waals surface area contributed by atoms with E-state index in [9.17, 15) is 14.4 Å². The van der Waals surface area contributed by atoms with Gasteiger partial charge in [0.1, 0.15) is 30.5 Å². The quantitative estimate of drug-likeness (QED) is 0.282. The van der Waals surface area contributed by atoms with Gasteiger partial charge in [-0.1, -0.05) is 67.2 Å². The Morgan fingerprint density at radius 3 is 1.76 bits per heavy atom. The van der Waals surface area contributed by atoms with Crippen molar-refractivity contribution in [3.63, 3.8) is 0 Å². The molecule has 3 aromatic carbocycles. The van der Waals surface area contributed by atoms with Crippen LogP contribution in [0.2, 0.25) is 0 Å². The Bertz CT molecular complexity index is 1120. The van der Waals surface area contributed by atoms with E-state index in [4.69, 9.17) is 9.47 Å². The van der Waals surface area contributed by atoms with Gasteiger partial charge in [0.05, 0.1) is 5.56 Å². The Morgan fingerprint density at radius 2 is 1.18 bits per heavy atom. The lowest BCUT2D eigenvalue weighted by Crippen LogP contribution is -2.10. The first-order chi connectivity index (χ1) is 16.3. The molecule has 3 rings (SSSR count). The maximum Gasteiger partial charge on any atom is 0.338 e. The Hall–Kier alpha value is -3.99. The van der Waals surface area contributed by atoms with Crippen LogP contribution in [0.5, 0.6) is 0 Å². The highest BCUT2D eigenvalue weighted by molar-refractivity contribution is 5.93. The normalized spacial score (nSPS) is 10.4. The largest absolute Gasteiger partial charge is 0.489 e. The van der Waals surface area contributed by atoms with E-state index in [1.165, 1.54) is 6.92 Å².